The van der Waals surface area contributed by atoms with E-state index in [0.717, 1.165) is 31.5 Å². The molecule has 180 valence electrons. The molecule has 0 bridgehead atoms. The van der Waals surface area contributed by atoms with E-state index in [9.17, 15) is 31.2 Å². The highest BCUT2D eigenvalue weighted by molar-refractivity contribution is 7.89. The zero-order valence-corrected chi connectivity index (χ0v) is 19.3. The molecule has 0 radical (unpaired) electrons. The molecular weight excluding hydrogens is 472 g/mol. The molecule has 0 aliphatic heterocycles. The molecule has 2 heterocycles. The molecule has 6 nitrogen and oxygen atoms in total. The fraction of sp³-hybridized carbons (Fsp3) is 0.391. The van der Waals surface area contributed by atoms with Gasteiger partial charge in [-0.05, 0) is 62.4 Å². The number of rotatable bonds is 6. The maximum absolute atomic E-state index is 14.3. The van der Waals surface area contributed by atoms with Gasteiger partial charge in [0.15, 0.2) is 0 Å². The van der Waals surface area contributed by atoms with Crippen molar-refractivity contribution in [2.75, 3.05) is 0 Å². The van der Waals surface area contributed by atoms with Gasteiger partial charge in [-0.15, -0.1) is 0 Å². The second kappa shape index (κ2) is 8.67. The van der Waals surface area contributed by atoms with Crippen molar-refractivity contribution in [3.05, 3.63) is 47.4 Å². The number of nitrogens with zero attached hydrogens (tertiary/aromatic N) is 3. The molecule has 0 unspecified atom stereocenters. The summed E-state index contributed by atoms with van der Waals surface area (Å²) in [6, 6.07) is 5.48. The van der Waals surface area contributed by atoms with Crippen molar-refractivity contribution in [1.82, 2.24) is 14.3 Å². The minimum Gasteiger partial charge on any atom is -0.335 e. The Kier molecular flexibility index (Phi) is 6.16. The van der Waals surface area contributed by atoms with E-state index in [0.29, 0.717) is 22.2 Å². The second-order valence-corrected chi connectivity index (χ2v) is 10.1. The first-order valence-electron chi connectivity index (χ1n) is 10.8. The van der Waals surface area contributed by atoms with E-state index in [1.807, 2.05) is 4.57 Å². The van der Waals surface area contributed by atoms with Gasteiger partial charge in [0, 0.05) is 17.6 Å². The van der Waals surface area contributed by atoms with Crippen LogP contribution in [-0.2, 0) is 10.0 Å². The summed E-state index contributed by atoms with van der Waals surface area (Å²) in [4.78, 5) is 3.77. The lowest BCUT2D eigenvalue weighted by molar-refractivity contribution is -0.151. The number of benzene rings is 1. The molecule has 0 spiro atoms. The highest BCUT2D eigenvalue weighted by Gasteiger charge is 2.41. The van der Waals surface area contributed by atoms with Crippen LogP contribution in [0.15, 0.2) is 35.4 Å². The Morgan fingerprint density at radius 3 is 2.50 bits per heavy atom. The Hall–Kier alpha value is -2.97. The number of nitriles is 1. The fourth-order valence-corrected chi connectivity index (χ4v) is 5.39. The molecule has 1 N–H and O–H groups in total. The molecular formula is C23H22F4N4O2S. The quantitative estimate of drug-likeness (QED) is 0.467. The lowest BCUT2D eigenvalue weighted by Gasteiger charge is -2.30. The smallest absolute Gasteiger partial charge is 0.335 e. The predicted octanol–water partition coefficient (Wildman–Crippen LogP) is 5.37. The highest BCUT2D eigenvalue weighted by Crippen LogP contribution is 2.42. The van der Waals surface area contributed by atoms with Gasteiger partial charge in [-0.2, -0.15) is 23.2 Å². The number of fused-ring (bicyclic) bond motifs is 1. The van der Waals surface area contributed by atoms with Crippen LogP contribution in [0.4, 0.5) is 17.6 Å². The van der Waals surface area contributed by atoms with E-state index in [4.69, 9.17) is 0 Å². The summed E-state index contributed by atoms with van der Waals surface area (Å²) in [7, 11) is -4.48. The molecule has 0 saturated heterocycles. The lowest BCUT2D eigenvalue weighted by atomic mass is 9.92. The van der Waals surface area contributed by atoms with Crippen molar-refractivity contribution < 1.29 is 26.0 Å². The largest absolute Gasteiger partial charge is 0.404 e. The Bertz CT molecular complexity index is 1390. The third-order valence-electron chi connectivity index (χ3n) is 6.23. The van der Waals surface area contributed by atoms with E-state index in [1.54, 1.807) is 17.7 Å². The summed E-state index contributed by atoms with van der Waals surface area (Å²) < 4.78 is 82.1. The van der Waals surface area contributed by atoms with Crippen molar-refractivity contribution in [2.45, 2.75) is 62.7 Å². The van der Waals surface area contributed by atoms with Crippen LogP contribution in [0.1, 0.15) is 49.8 Å². The summed E-state index contributed by atoms with van der Waals surface area (Å²) in [5, 5.41) is 10.3. The topological polar surface area (TPSA) is 87.8 Å². The molecule has 1 aliphatic carbocycles. The van der Waals surface area contributed by atoms with Gasteiger partial charge in [0.1, 0.15) is 22.8 Å². The molecule has 1 atom stereocenters. The minimum absolute atomic E-state index is 0.0773. The van der Waals surface area contributed by atoms with Gasteiger partial charge in [0.2, 0.25) is 10.0 Å². The van der Waals surface area contributed by atoms with E-state index in [2.05, 4.69) is 11.1 Å². The number of pyridine rings is 1. The fourth-order valence-electron chi connectivity index (χ4n) is 4.14. The number of sulfonamides is 1. The first-order valence-corrected chi connectivity index (χ1v) is 12.3. The third-order valence-corrected chi connectivity index (χ3v) is 7.68. The zero-order valence-electron chi connectivity index (χ0n) is 18.4. The summed E-state index contributed by atoms with van der Waals surface area (Å²) >= 11 is 0. The number of hydrogen-bond acceptors (Lipinski definition) is 4. The third kappa shape index (κ3) is 4.16. The van der Waals surface area contributed by atoms with Crippen LogP contribution in [0, 0.1) is 24.1 Å². The first kappa shape index (κ1) is 24.2. The molecule has 11 heteroatoms. The van der Waals surface area contributed by atoms with E-state index >= 15 is 0 Å². The van der Waals surface area contributed by atoms with Crippen LogP contribution in [0.3, 0.4) is 0 Å². The van der Waals surface area contributed by atoms with Crippen molar-refractivity contribution in [3.63, 3.8) is 0 Å². The molecule has 34 heavy (non-hydrogen) atoms. The minimum atomic E-state index is -4.73. The number of aryl methyl sites for hydroxylation is 1. The first-order chi connectivity index (χ1) is 16.0. The standard InChI is InChI=1S/C23H22F4N4O2S/c1-3-21(23(25,26)27)30-34(32,33)15-7-8-19(29-12-15)22-17(11-28)16-10-18(24)13(2)9-20(16)31(22)14-5-4-6-14/h7-10,12,14,21,30H,3-6H2,1-2H3/t21-/m0/s1. The van der Waals surface area contributed by atoms with Crippen LogP contribution in [0.2, 0.25) is 0 Å². The van der Waals surface area contributed by atoms with Gasteiger partial charge in [0.25, 0.3) is 0 Å². The van der Waals surface area contributed by atoms with E-state index in [-0.39, 0.29) is 17.3 Å². The Morgan fingerprint density at radius 1 is 1.29 bits per heavy atom. The highest BCUT2D eigenvalue weighted by atomic mass is 32.2. The summed E-state index contributed by atoms with van der Waals surface area (Å²) in [6.45, 7) is 2.86. The Balaban J connectivity index is 1.81. The average molecular weight is 495 g/mol. The molecule has 1 fully saturated rings. The lowest BCUT2D eigenvalue weighted by Crippen LogP contribution is -2.44. The van der Waals surface area contributed by atoms with Crippen molar-refractivity contribution >= 4 is 20.9 Å². The Labute approximate surface area is 194 Å². The van der Waals surface area contributed by atoms with E-state index in [1.165, 1.54) is 19.1 Å². The number of hydrogen-bond donors (Lipinski definition) is 1. The molecule has 1 saturated carbocycles. The van der Waals surface area contributed by atoms with Crippen molar-refractivity contribution in [1.29, 1.82) is 5.26 Å². The average Bonchev–Trinajstić information content (AvgIpc) is 3.03. The van der Waals surface area contributed by atoms with E-state index < -0.39 is 39.4 Å². The van der Waals surface area contributed by atoms with Gasteiger partial charge in [-0.3, -0.25) is 4.98 Å². The summed E-state index contributed by atoms with van der Waals surface area (Å²) in [6.07, 6.45) is -1.49. The summed E-state index contributed by atoms with van der Waals surface area (Å²) in [5.41, 5.74) is 2.04. The van der Waals surface area contributed by atoms with Gasteiger partial charge in [0.05, 0.1) is 22.5 Å². The Morgan fingerprint density at radius 2 is 2.00 bits per heavy atom. The van der Waals surface area contributed by atoms with Crippen LogP contribution in [-0.4, -0.2) is 30.2 Å². The normalized spacial score (nSPS) is 15.8. The molecule has 1 aliphatic rings. The van der Waals surface area contributed by atoms with Gasteiger partial charge in [-0.25, -0.2) is 12.8 Å². The zero-order chi connectivity index (χ0) is 24.8. The van der Waals surface area contributed by atoms with Crippen LogP contribution in [0.5, 0.6) is 0 Å². The number of aromatic nitrogens is 2. The molecule has 3 aromatic rings. The van der Waals surface area contributed by atoms with Gasteiger partial charge in [-0.1, -0.05) is 6.92 Å². The van der Waals surface area contributed by atoms with Crippen LogP contribution < -0.4 is 4.72 Å². The van der Waals surface area contributed by atoms with Crippen molar-refractivity contribution in [2.24, 2.45) is 0 Å². The molecule has 0 amide bonds. The number of halogens is 4. The van der Waals surface area contributed by atoms with Gasteiger partial charge < -0.3 is 4.57 Å². The maximum atomic E-state index is 14.3. The molecule has 2 aromatic heterocycles. The van der Waals surface area contributed by atoms with Crippen LogP contribution >= 0.6 is 0 Å². The SMILES string of the molecule is CC[C@H](NS(=O)(=O)c1ccc(-c2c(C#N)c3cc(F)c(C)cc3n2C2CCC2)nc1)C(F)(F)F. The number of alkyl halides is 3. The van der Waals surface area contributed by atoms with Crippen LogP contribution in [0.25, 0.3) is 22.3 Å². The predicted molar refractivity (Wildman–Crippen MR) is 118 cm³/mol. The molecule has 1 aromatic carbocycles. The second-order valence-electron chi connectivity index (χ2n) is 8.41. The van der Waals surface area contributed by atoms with Gasteiger partial charge >= 0.3 is 6.18 Å². The number of nitrogens with one attached hydrogen (secondary N) is 1. The monoisotopic (exact) mass is 494 g/mol. The van der Waals surface area contributed by atoms with Crippen molar-refractivity contribution in [3.8, 4) is 17.5 Å². The molecule has 4 rings (SSSR count). The summed E-state index contributed by atoms with van der Waals surface area (Å²) in [5.74, 6) is -0.447. The maximum Gasteiger partial charge on any atom is 0.404 e.